The van der Waals surface area contributed by atoms with Crippen molar-refractivity contribution in [3.8, 4) is 0 Å². The van der Waals surface area contributed by atoms with Crippen LogP contribution in [-0.2, 0) is 9.59 Å². The lowest BCUT2D eigenvalue weighted by Crippen LogP contribution is -2.42. The van der Waals surface area contributed by atoms with Gasteiger partial charge in [0.05, 0.1) is 11.4 Å². The number of para-hydroxylation sites is 2. The smallest absolute Gasteiger partial charge is 0.244 e. The van der Waals surface area contributed by atoms with Crippen molar-refractivity contribution in [2.75, 3.05) is 23.3 Å². The lowest BCUT2D eigenvalue weighted by Gasteiger charge is -2.29. The molecule has 5 nitrogen and oxygen atoms in total. The third-order valence-corrected chi connectivity index (χ3v) is 3.42. The van der Waals surface area contributed by atoms with Gasteiger partial charge in [0.25, 0.3) is 0 Å². The third kappa shape index (κ3) is 3.57. The van der Waals surface area contributed by atoms with E-state index in [1.54, 1.807) is 4.90 Å². The van der Waals surface area contributed by atoms with Gasteiger partial charge in [-0.25, -0.2) is 0 Å². The molecule has 108 valence electrons. The summed E-state index contributed by atoms with van der Waals surface area (Å²) in [6.07, 6.45) is 4.39. The quantitative estimate of drug-likeness (QED) is 0.778. The molecule has 5 heteroatoms. The maximum absolute atomic E-state index is 12.3. The number of fused-ring (bicyclic) bond motifs is 1. The molecule has 2 amide bonds. The second-order valence-electron chi connectivity index (χ2n) is 5.00. The Balaban J connectivity index is 1.94. The minimum atomic E-state index is -0.139. The second kappa shape index (κ2) is 7.05. The average Bonchev–Trinajstić information content (AvgIpc) is 2.46. The van der Waals surface area contributed by atoms with E-state index in [9.17, 15) is 9.59 Å². The van der Waals surface area contributed by atoms with Gasteiger partial charge in [-0.15, -0.1) is 0 Å². The van der Waals surface area contributed by atoms with Crippen molar-refractivity contribution < 1.29 is 9.59 Å². The molecule has 0 aliphatic carbocycles. The molecule has 0 bridgehead atoms. The van der Waals surface area contributed by atoms with Gasteiger partial charge in [0.15, 0.2) is 0 Å². The molecule has 1 aliphatic heterocycles. The topological polar surface area (TPSA) is 75.4 Å². The summed E-state index contributed by atoms with van der Waals surface area (Å²) in [6, 6.07) is 7.40. The van der Waals surface area contributed by atoms with E-state index in [-0.39, 0.29) is 18.4 Å². The number of anilines is 2. The molecule has 0 spiro atoms. The number of carbonyl (C=O) groups excluding carboxylic acids is 2. The van der Waals surface area contributed by atoms with Crippen LogP contribution in [0.15, 0.2) is 24.3 Å². The fourth-order valence-electron chi connectivity index (χ4n) is 2.36. The fraction of sp³-hybridized carbons (Fsp3) is 0.467. The maximum Gasteiger partial charge on any atom is 0.244 e. The Morgan fingerprint density at radius 1 is 1.20 bits per heavy atom. The number of carbonyl (C=O) groups is 2. The molecule has 0 unspecified atom stereocenters. The van der Waals surface area contributed by atoms with Gasteiger partial charge in [-0.1, -0.05) is 25.0 Å². The van der Waals surface area contributed by atoms with Crippen molar-refractivity contribution in [3.63, 3.8) is 0 Å². The molecule has 1 heterocycles. The lowest BCUT2D eigenvalue weighted by atomic mass is 10.1. The highest BCUT2D eigenvalue weighted by Crippen LogP contribution is 2.29. The summed E-state index contributed by atoms with van der Waals surface area (Å²) < 4.78 is 0. The zero-order chi connectivity index (χ0) is 14.4. The summed E-state index contributed by atoms with van der Waals surface area (Å²) in [5.74, 6) is -0.125. The van der Waals surface area contributed by atoms with Crippen LogP contribution in [0.5, 0.6) is 0 Å². The highest BCUT2D eigenvalue weighted by atomic mass is 16.2. The van der Waals surface area contributed by atoms with Gasteiger partial charge in [0.1, 0.15) is 6.54 Å². The first-order valence-corrected chi connectivity index (χ1v) is 7.11. The molecule has 0 radical (unpaired) electrons. The van der Waals surface area contributed by atoms with Crippen molar-refractivity contribution in [2.45, 2.75) is 32.1 Å². The maximum atomic E-state index is 12.3. The van der Waals surface area contributed by atoms with Gasteiger partial charge < -0.3 is 16.0 Å². The molecule has 0 fully saturated rings. The Bertz CT molecular complexity index is 488. The van der Waals surface area contributed by atoms with Gasteiger partial charge in [0, 0.05) is 6.42 Å². The number of amides is 2. The minimum Gasteiger partial charge on any atom is -0.330 e. The Morgan fingerprint density at radius 3 is 2.75 bits per heavy atom. The predicted octanol–water partition coefficient (Wildman–Crippen LogP) is 1.88. The number of nitrogens with one attached hydrogen (secondary N) is 1. The first-order chi connectivity index (χ1) is 9.72. The van der Waals surface area contributed by atoms with E-state index in [0.29, 0.717) is 18.7 Å². The number of nitrogens with zero attached hydrogens (tertiary/aromatic N) is 1. The van der Waals surface area contributed by atoms with Crippen molar-refractivity contribution in [1.82, 2.24) is 0 Å². The number of hydrogen-bond acceptors (Lipinski definition) is 3. The first kappa shape index (κ1) is 14.5. The molecular formula is C15H21N3O2. The Morgan fingerprint density at radius 2 is 1.95 bits per heavy atom. The molecule has 0 atom stereocenters. The van der Waals surface area contributed by atoms with Gasteiger partial charge in [-0.2, -0.15) is 0 Å². The molecule has 1 aromatic carbocycles. The largest absolute Gasteiger partial charge is 0.330 e. The average molecular weight is 275 g/mol. The van der Waals surface area contributed by atoms with Crippen molar-refractivity contribution in [1.29, 1.82) is 0 Å². The third-order valence-electron chi connectivity index (χ3n) is 3.42. The fourth-order valence-corrected chi connectivity index (χ4v) is 2.36. The van der Waals surface area contributed by atoms with Gasteiger partial charge >= 0.3 is 0 Å². The molecule has 20 heavy (non-hydrogen) atoms. The summed E-state index contributed by atoms with van der Waals surface area (Å²) >= 11 is 0. The monoisotopic (exact) mass is 275 g/mol. The van der Waals surface area contributed by atoms with Crippen molar-refractivity contribution in [2.24, 2.45) is 5.73 Å². The predicted molar refractivity (Wildman–Crippen MR) is 79.6 cm³/mol. The highest BCUT2D eigenvalue weighted by molar-refractivity contribution is 6.09. The van der Waals surface area contributed by atoms with Gasteiger partial charge in [0.2, 0.25) is 11.8 Å². The molecule has 2 rings (SSSR count). The summed E-state index contributed by atoms with van der Waals surface area (Å²) in [7, 11) is 0. The van der Waals surface area contributed by atoms with Crippen LogP contribution in [0, 0.1) is 0 Å². The van der Waals surface area contributed by atoms with E-state index in [1.807, 2.05) is 24.3 Å². The molecule has 0 saturated carbocycles. The van der Waals surface area contributed by atoms with Crippen LogP contribution in [0.3, 0.4) is 0 Å². The molecular weight excluding hydrogens is 254 g/mol. The standard InChI is InChI=1S/C15H21N3O2/c16-10-6-2-1-3-9-15(20)18-11-14(19)17-12-7-4-5-8-13(12)18/h4-5,7-8H,1-3,6,9-11,16H2,(H,17,19). The lowest BCUT2D eigenvalue weighted by molar-refractivity contribution is -0.122. The van der Waals surface area contributed by atoms with E-state index < -0.39 is 0 Å². The summed E-state index contributed by atoms with van der Waals surface area (Å²) in [5, 5.41) is 2.78. The zero-order valence-corrected chi connectivity index (χ0v) is 11.6. The summed E-state index contributed by atoms with van der Waals surface area (Å²) in [5.41, 5.74) is 6.94. The molecule has 3 N–H and O–H groups in total. The van der Waals surface area contributed by atoms with Gasteiger partial charge in [-0.05, 0) is 31.5 Å². The van der Waals surface area contributed by atoms with Crippen LogP contribution in [0.25, 0.3) is 0 Å². The number of benzene rings is 1. The Kier molecular flexibility index (Phi) is 5.12. The first-order valence-electron chi connectivity index (χ1n) is 7.11. The Hall–Kier alpha value is -1.88. The van der Waals surface area contributed by atoms with Crippen LogP contribution in [0.1, 0.15) is 32.1 Å². The van der Waals surface area contributed by atoms with Gasteiger partial charge in [-0.3, -0.25) is 9.59 Å². The minimum absolute atomic E-state index is 0.0139. The number of nitrogens with two attached hydrogens (primary N) is 1. The zero-order valence-electron chi connectivity index (χ0n) is 11.6. The number of unbranched alkanes of at least 4 members (excludes halogenated alkanes) is 3. The number of hydrogen-bond donors (Lipinski definition) is 2. The molecule has 0 aromatic heterocycles. The number of rotatable bonds is 6. The normalized spacial score (nSPS) is 13.8. The second-order valence-corrected chi connectivity index (χ2v) is 5.00. The van der Waals surface area contributed by atoms with E-state index in [2.05, 4.69) is 5.32 Å². The molecule has 1 aromatic rings. The molecule has 1 aliphatic rings. The molecule has 0 saturated heterocycles. The highest BCUT2D eigenvalue weighted by Gasteiger charge is 2.25. The van der Waals surface area contributed by atoms with Crippen LogP contribution in [-0.4, -0.2) is 24.9 Å². The van der Waals surface area contributed by atoms with Crippen molar-refractivity contribution in [3.05, 3.63) is 24.3 Å². The van der Waals surface area contributed by atoms with E-state index in [1.165, 1.54) is 0 Å². The summed E-state index contributed by atoms with van der Waals surface area (Å²) in [4.78, 5) is 25.5. The van der Waals surface area contributed by atoms with Crippen LogP contribution >= 0.6 is 0 Å². The summed E-state index contributed by atoms with van der Waals surface area (Å²) in [6.45, 7) is 0.812. The van der Waals surface area contributed by atoms with Crippen LogP contribution < -0.4 is 16.0 Å². The van der Waals surface area contributed by atoms with E-state index >= 15 is 0 Å². The SMILES string of the molecule is NCCCCCCC(=O)N1CC(=O)Nc2ccccc21. The van der Waals surface area contributed by atoms with Crippen LogP contribution in [0.2, 0.25) is 0 Å². The van der Waals surface area contributed by atoms with E-state index in [4.69, 9.17) is 5.73 Å². The Labute approximate surface area is 119 Å². The van der Waals surface area contributed by atoms with Crippen molar-refractivity contribution >= 4 is 23.2 Å². The van der Waals surface area contributed by atoms with Crippen LogP contribution in [0.4, 0.5) is 11.4 Å². The van der Waals surface area contributed by atoms with E-state index in [0.717, 1.165) is 31.4 Å².